The highest BCUT2D eigenvalue weighted by Gasteiger charge is 2.16. The quantitative estimate of drug-likeness (QED) is 0.491. The molecule has 0 saturated heterocycles. The van der Waals surface area contributed by atoms with Gasteiger partial charge in [-0.3, -0.25) is 4.98 Å². The second-order valence-corrected chi connectivity index (χ2v) is 7.07. The van der Waals surface area contributed by atoms with Crippen molar-refractivity contribution in [3.63, 3.8) is 0 Å². The number of anilines is 3. The number of hydrogen-bond acceptors (Lipinski definition) is 8. The van der Waals surface area contributed by atoms with Gasteiger partial charge in [-0.2, -0.15) is 4.98 Å². The second-order valence-electron chi connectivity index (χ2n) is 7.07. The molecule has 0 saturated carbocycles. The third kappa shape index (κ3) is 5.15. The SMILES string of the molecule is COc1ccc(Nc2cc(-c3ccncc3)nc(N[C@@H](CO)C(C)C)n2)c(OC)c1. The molecule has 2 heterocycles. The normalized spacial score (nSPS) is 11.8. The minimum Gasteiger partial charge on any atom is -0.497 e. The maximum absolute atomic E-state index is 9.70. The molecular weight excluding hydrogens is 382 g/mol. The van der Waals surface area contributed by atoms with Crippen LogP contribution in [-0.4, -0.2) is 46.9 Å². The number of nitrogens with one attached hydrogen (secondary N) is 2. The maximum atomic E-state index is 9.70. The molecule has 0 amide bonds. The van der Waals surface area contributed by atoms with Crippen LogP contribution >= 0.6 is 0 Å². The van der Waals surface area contributed by atoms with E-state index in [2.05, 4.69) is 25.6 Å². The fourth-order valence-electron chi connectivity index (χ4n) is 2.88. The van der Waals surface area contributed by atoms with Gasteiger partial charge in [0.2, 0.25) is 5.95 Å². The largest absolute Gasteiger partial charge is 0.497 e. The van der Waals surface area contributed by atoms with Gasteiger partial charge >= 0.3 is 0 Å². The van der Waals surface area contributed by atoms with Crippen molar-refractivity contribution in [2.24, 2.45) is 5.92 Å². The molecule has 3 rings (SSSR count). The summed E-state index contributed by atoms with van der Waals surface area (Å²) >= 11 is 0. The van der Waals surface area contributed by atoms with E-state index in [-0.39, 0.29) is 18.6 Å². The average molecular weight is 409 g/mol. The van der Waals surface area contributed by atoms with Crippen LogP contribution in [0.4, 0.5) is 17.5 Å². The molecule has 1 aromatic carbocycles. The van der Waals surface area contributed by atoms with Gasteiger partial charge in [0, 0.05) is 30.1 Å². The zero-order chi connectivity index (χ0) is 21.5. The predicted molar refractivity (Wildman–Crippen MR) is 117 cm³/mol. The number of aromatic nitrogens is 3. The van der Waals surface area contributed by atoms with Crippen LogP contribution < -0.4 is 20.1 Å². The Kier molecular flexibility index (Phi) is 7.03. The summed E-state index contributed by atoms with van der Waals surface area (Å²) in [7, 11) is 3.21. The summed E-state index contributed by atoms with van der Waals surface area (Å²) in [6.45, 7) is 4.04. The van der Waals surface area contributed by atoms with Crippen molar-refractivity contribution in [3.05, 3.63) is 48.8 Å². The van der Waals surface area contributed by atoms with Gasteiger partial charge in [-0.15, -0.1) is 0 Å². The standard InChI is InChI=1S/C22H27N5O3/c1-14(2)19(13-28)26-22-25-18(15-7-9-23-10-8-15)12-21(27-22)24-17-6-5-16(29-3)11-20(17)30-4/h5-12,14,19,28H,13H2,1-4H3,(H2,24,25,26,27)/t19-/m0/s1. The number of aliphatic hydroxyl groups is 1. The lowest BCUT2D eigenvalue weighted by Crippen LogP contribution is -2.30. The van der Waals surface area contributed by atoms with Crippen LogP contribution in [0.25, 0.3) is 11.3 Å². The summed E-state index contributed by atoms with van der Waals surface area (Å²) in [4.78, 5) is 13.3. The highest BCUT2D eigenvalue weighted by molar-refractivity contribution is 5.70. The van der Waals surface area contributed by atoms with Crippen LogP contribution in [-0.2, 0) is 0 Å². The first-order valence-corrected chi connectivity index (χ1v) is 9.70. The molecule has 3 N–H and O–H groups in total. The van der Waals surface area contributed by atoms with Crippen molar-refractivity contribution < 1.29 is 14.6 Å². The Morgan fingerprint density at radius 2 is 1.77 bits per heavy atom. The van der Waals surface area contributed by atoms with Crippen LogP contribution in [0.3, 0.4) is 0 Å². The molecule has 0 aliphatic carbocycles. The topological polar surface area (TPSA) is 101 Å². The maximum Gasteiger partial charge on any atom is 0.225 e. The van der Waals surface area contributed by atoms with E-state index in [9.17, 15) is 5.11 Å². The first-order chi connectivity index (χ1) is 14.5. The number of methoxy groups -OCH3 is 2. The third-order valence-electron chi connectivity index (χ3n) is 4.69. The van der Waals surface area contributed by atoms with Crippen molar-refractivity contribution in [1.82, 2.24) is 15.0 Å². The fourth-order valence-corrected chi connectivity index (χ4v) is 2.88. The van der Waals surface area contributed by atoms with Gasteiger partial charge in [-0.1, -0.05) is 13.8 Å². The zero-order valence-electron chi connectivity index (χ0n) is 17.6. The molecule has 0 unspecified atom stereocenters. The van der Waals surface area contributed by atoms with Gasteiger partial charge in [0.05, 0.1) is 38.2 Å². The smallest absolute Gasteiger partial charge is 0.225 e. The van der Waals surface area contributed by atoms with E-state index in [4.69, 9.17) is 9.47 Å². The third-order valence-corrected chi connectivity index (χ3v) is 4.69. The van der Waals surface area contributed by atoms with Crippen molar-refractivity contribution in [3.8, 4) is 22.8 Å². The van der Waals surface area contributed by atoms with Crippen LogP contribution in [0, 0.1) is 5.92 Å². The Labute approximate surface area is 176 Å². The molecule has 30 heavy (non-hydrogen) atoms. The molecule has 0 radical (unpaired) electrons. The molecule has 2 aromatic heterocycles. The number of ether oxygens (including phenoxy) is 2. The van der Waals surface area contributed by atoms with E-state index in [0.29, 0.717) is 23.3 Å². The van der Waals surface area contributed by atoms with E-state index >= 15 is 0 Å². The second kappa shape index (κ2) is 9.89. The minimum absolute atomic E-state index is 0.0183. The van der Waals surface area contributed by atoms with Gasteiger partial charge in [0.1, 0.15) is 17.3 Å². The zero-order valence-corrected chi connectivity index (χ0v) is 17.6. The van der Waals surface area contributed by atoms with Crippen molar-refractivity contribution >= 4 is 17.5 Å². The van der Waals surface area contributed by atoms with Gasteiger partial charge in [-0.25, -0.2) is 4.98 Å². The molecular formula is C22H27N5O3. The van der Waals surface area contributed by atoms with E-state index in [1.54, 1.807) is 32.7 Å². The number of benzene rings is 1. The van der Waals surface area contributed by atoms with E-state index < -0.39 is 0 Å². The number of pyridine rings is 1. The Balaban J connectivity index is 2.00. The van der Waals surface area contributed by atoms with E-state index in [1.165, 1.54) is 0 Å². The summed E-state index contributed by atoms with van der Waals surface area (Å²) in [6.07, 6.45) is 3.43. The monoisotopic (exact) mass is 409 g/mol. The summed E-state index contributed by atoms with van der Waals surface area (Å²) in [5, 5.41) is 16.2. The van der Waals surface area contributed by atoms with Crippen LogP contribution in [0.5, 0.6) is 11.5 Å². The fraction of sp³-hybridized carbons (Fsp3) is 0.318. The molecule has 8 nitrogen and oxygen atoms in total. The molecule has 8 heteroatoms. The lowest BCUT2D eigenvalue weighted by molar-refractivity contribution is 0.248. The van der Waals surface area contributed by atoms with E-state index in [1.807, 2.05) is 44.2 Å². The number of hydrogen-bond donors (Lipinski definition) is 3. The van der Waals surface area contributed by atoms with Gasteiger partial charge < -0.3 is 25.2 Å². The Morgan fingerprint density at radius 1 is 1.00 bits per heavy atom. The lowest BCUT2D eigenvalue weighted by Gasteiger charge is -2.21. The summed E-state index contributed by atoms with van der Waals surface area (Å²) in [5.74, 6) is 2.54. The number of nitrogens with zero attached hydrogens (tertiary/aromatic N) is 3. The van der Waals surface area contributed by atoms with Crippen LogP contribution in [0.2, 0.25) is 0 Å². The average Bonchev–Trinajstić information content (AvgIpc) is 2.78. The highest BCUT2D eigenvalue weighted by Crippen LogP contribution is 2.32. The summed E-state index contributed by atoms with van der Waals surface area (Å²) < 4.78 is 10.7. The summed E-state index contributed by atoms with van der Waals surface area (Å²) in [5.41, 5.74) is 2.38. The van der Waals surface area contributed by atoms with Crippen LogP contribution in [0.1, 0.15) is 13.8 Å². The molecule has 0 aliphatic heterocycles. The van der Waals surface area contributed by atoms with Gasteiger partial charge in [-0.05, 0) is 30.2 Å². The number of rotatable bonds is 9. The number of aliphatic hydroxyl groups excluding tert-OH is 1. The lowest BCUT2D eigenvalue weighted by atomic mass is 10.1. The van der Waals surface area contributed by atoms with Gasteiger partial charge in [0.15, 0.2) is 0 Å². The minimum atomic E-state index is -0.166. The molecule has 3 aromatic rings. The summed E-state index contributed by atoms with van der Waals surface area (Å²) in [6, 6.07) is 11.0. The Hall–Kier alpha value is -3.39. The van der Waals surface area contributed by atoms with E-state index in [0.717, 1.165) is 16.9 Å². The predicted octanol–water partition coefficient (Wildman–Crippen LogP) is 3.73. The van der Waals surface area contributed by atoms with Gasteiger partial charge in [0.25, 0.3) is 0 Å². The van der Waals surface area contributed by atoms with Crippen LogP contribution in [0.15, 0.2) is 48.8 Å². The molecule has 0 aliphatic rings. The first-order valence-electron chi connectivity index (χ1n) is 9.70. The van der Waals surface area contributed by atoms with Crippen molar-refractivity contribution in [2.75, 3.05) is 31.5 Å². The molecule has 0 bridgehead atoms. The molecule has 0 fully saturated rings. The Morgan fingerprint density at radius 3 is 2.40 bits per heavy atom. The van der Waals surface area contributed by atoms with Crippen molar-refractivity contribution in [2.45, 2.75) is 19.9 Å². The molecule has 158 valence electrons. The highest BCUT2D eigenvalue weighted by atomic mass is 16.5. The first kappa shape index (κ1) is 21.3. The molecule has 0 spiro atoms. The molecule has 1 atom stereocenters. The Bertz CT molecular complexity index is 966. The van der Waals surface area contributed by atoms with Crippen molar-refractivity contribution in [1.29, 1.82) is 0 Å².